The Labute approximate surface area is 159 Å². The number of carbonyl (C=O) groups excluding carboxylic acids is 3. The highest BCUT2D eigenvalue weighted by atomic mass is 32.2. The van der Waals surface area contributed by atoms with E-state index in [1.165, 1.54) is 30.5 Å². The number of esters is 1. The summed E-state index contributed by atoms with van der Waals surface area (Å²) < 4.78 is 5.16. The van der Waals surface area contributed by atoms with E-state index < -0.39 is 53.3 Å². The molecule has 3 aliphatic heterocycles. The predicted molar refractivity (Wildman–Crippen MR) is 92.8 cm³/mol. The van der Waals surface area contributed by atoms with E-state index in [-0.39, 0.29) is 25.2 Å². The molecular weight excluding hydrogens is 378 g/mol. The van der Waals surface area contributed by atoms with Crippen LogP contribution < -0.4 is 5.73 Å². The molecule has 148 valence electrons. The van der Waals surface area contributed by atoms with Gasteiger partial charge >= 0.3 is 11.9 Å². The summed E-state index contributed by atoms with van der Waals surface area (Å²) in [7, 11) is 0. The highest BCUT2D eigenvalue weighted by molar-refractivity contribution is 8.04. The third-order valence-corrected chi connectivity index (χ3v) is 6.30. The summed E-state index contributed by atoms with van der Waals surface area (Å²) in [5.74, 6) is -3.41. The lowest BCUT2D eigenvalue weighted by atomic mass is 9.92. The van der Waals surface area contributed by atoms with Crippen molar-refractivity contribution in [1.82, 2.24) is 9.80 Å². The number of likely N-dealkylation sites (tertiary alicyclic amines) is 1. The van der Waals surface area contributed by atoms with E-state index in [2.05, 4.69) is 0 Å². The van der Waals surface area contributed by atoms with Crippen molar-refractivity contribution >= 4 is 35.5 Å². The molecule has 2 amide bonds. The SMILES string of the molecule is CC(=O)O[C@@H]1C[C@@H](C(N)=O)N(CC2=C(C(=O)O)N3C(=O)[C@H](C(C)O)[C@H]3S2)C1. The fourth-order valence-corrected chi connectivity index (χ4v) is 5.44. The van der Waals surface area contributed by atoms with Crippen molar-refractivity contribution in [3.8, 4) is 0 Å². The van der Waals surface area contributed by atoms with Crippen molar-refractivity contribution in [2.24, 2.45) is 11.7 Å². The second kappa shape index (κ2) is 7.13. The van der Waals surface area contributed by atoms with Crippen molar-refractivity contribution < 1.29 is 34.1 Å². The molecular formula is C16H21N3O7S. The average Bonchev–Trinajstić information content (AvgIpc) is 3.06. The number of β-lactam (4-membered cyclic amide) rings is 1. The number of rotatable bonds is 6. The Balaban J connectivity index is 1.81. The maximum atomic E-state index is 12.2. The summed E-state index contributed by atoms with van der Waals surface area (Å²) in [5, 5.41) is 18.9. The van der Waals surface area contributed by atoms with Gasteiger partial charge in [0, 0.05) is 31.3 Å². The van der Waals surface area contributed by atoms with Gasteiger partial charge in [-0.2, -0.15) is 0 Å². The number of primary amides is 1. The second-order valence-corrected chi connectivity index (χ2v) is 8.09. The molecule has 3 aliphatic rings. The highest BCUT2D eigenvalue weighted by Crippen LogP contribution is 2.50. The van der Waals surface area contributed by atoms with Gasteiger partial charge in [-0.3, -0.25) is 24.2 Å². The van der Waals surface area contributed by atoms with Crippen LogP contribution in [-0.2, 0) is 23.9 Å². The zero-order valence-corrected chi connectivity index (χ0v) is 15.6. The summed E-state index contributed by atoms with van der Waals surface area (Å²) in [6.45, 7) is 3.09. The number of nitrogens with zero attached hydrogens (tertiary/aromatic N) is 2. The lowest BCUT2D eigenvalue weighted by Crippen LogP contribution is -2.60. The first-order chi connectivity index (χ1) is 12.6. The summed E-state index contributed by atoms with van der Waals surface area (Å²) in [5.41, 5.74) is 5.31. The van der Waals surface area contributed by atoms with E-state index in [4.69, 9.17) is 10.5 Å². The van der Waals surface area contributed by atoms with Gasteiger partial charge in [0.15, 0.2) is 0 Å². The van der Waals surface area contributed by atoms with Crippen LogP contribution in [0.2, 0.25) is 0 Å². The number of hydrogen-bond donors (Lipinski definition) is 3. The molecule has 0 aromatic rings. The van der Waals surface area contributed by atoms with Crippen LogP contribution in [0.25, 0.3) is 0 Å². The first kappa shape index (κ1) is 19.6. The molecule has 4 N–H and O–H groups in total. The van der Waals surface area contributed by atoms with Gasteiger partial charge in [0.1, 0.15) is 17.2 Å². The smallest absolute Gasteiger partial charge is 0.353 e. The first-order valence-corrected chi connectivity index (χ1v) is 9.34. The minimum Gasteiger partial charge on any atom is -0.477 e. The van der Waals surface area contributed by atoms with Crippen LogP contribution in [-0.4, -0.2) is 80.5 Å². The van der Waals surface area contributed by atoms with Crippen LogP contribution >= 0.6 is 11.8 Å². The molecule has 0 saturated carbocycles. The third-order valence-electron chi connectivity index (χ3n) is 4.95. The zero-order valence-electron chi connectivity index (χ0n) is 14.8. The number of ether oxygens (including phenoxy) is 1. The number of thioether (sulfide) groups is 1. The monoisotopic (exact) mass is 399 g/mol. The van der Waals surface area contributed by atoms with Gasteiger partial charge in [-0.25, -0.2) is 4.79 Å². The Hall–Kier alpha value is -2.11. The van der Waals surface area contributed by atoms with Crippen molar-refractivity contribution in [3.05, 3.63) is 10.6 Å². The predicted octanol–water partition coefficient (Wildman–Crippen LogP) is -1.31. The summed E-state index contributed by atoms with van der Waals surface area (Å²) in [4.78, 5) is 50.2. The number of carboxylic acid groups (broad SMARTS) is 1. The maximum Gasteiger partial charge on any atom is 0.353 e. The van der Waals surface area contributed by atoms with Crippen LogP contribution in [0, 0.1) is 5.92 Å². The molecule has 0 aromatic heterocycles. The van der Waals surface area contributed by atoms with Gasteiger partial charge in [-0.05, 0) is 6.92 Å². The molecule has 0 radical (unpaired) electrons. The normalized spacial score (nSPS) is 31.5. The zero-order chi connectivity index (χ0) is 20.0. The largest absolute Gasteiger partial charge is 0.477 e. The van der Waals surface area contributed by atoms with Gasteiger partial charge < -0.3 is 20.7 Å². The summed E-state index contributed by atoms with van der Waals surface area (Å²) in [6, 6.07) is -0.700. The van der Waals surface area contributed by atoms with Gasteiger partial charge in [0.05, 0.1) is 18.1 Å². The van der Waals surface area contributed by atoms with Gasteiger partial charge in [0.2, 0.25) is 11.8 Å². The Bertz CT molecular complexity index is 738. The molecule has 5 atom stereocenters. The fourth-order valence-electron chi connectivity index (χ4n) is 3.80. The van der Waals surface area contributed by atoms with E-state index in [0.717, 1.165) is 0 Å². The number of aliphatic carboxylic acids is 1. The molecule has 10 nitrogen and oxygen atoms in total. The Morgan fingerprint density at radius 3 is 2.59 bits per heavy atom. The quantitative estimate of drug-likeness (QED) is 0.365. The molecule has 3 heterocycles. The maximum absolute atomic E-state index is 12.2. The van der Waals surface area contributed by atoms with E-state index >= 15 is 0 Å². The average molecular weight is 399 g/mol. The lowest BCUT2D eigenvalue weighted by molar-refractivity contribution is -0.156. The molecule has 2 fully saturated rings. The van der Waals surface area contributed by atoms with E-state index in [9.17, 15) is 29.4 Å². The Kier molecular flexibility index (Phi) is 5.19. The Morgan fingerprint density at radius 2 is 2.07 bits per heavy atom. The number of amides is 2. The number of carboxylic acids is 1. The molecule has 11 heteroatoms. The number of nitrogens with two attached hydrogens (primary N) is 1. The van der Waals surface area contributed by atoms with Crippen LogP contribution in [0.4, 0.5) is 0 Å². The summed E-state index contributed by atoms with van der Waals surface area (Å²) >= 11 is 1.20. The van der Waals surface area contributed by atoms with E-state index in [1.54, 1.807) is 4.90 Å². The lowest BCUT2D eigenvalue weighted by Gasteiger charge is -2.43. The van der Waals surface area contributed by atoms with Gasteiger partial charge in [-0.1, -0.05) is 0 Å². The topological polar surface area (TPSA) is 150 Å². The van der Waals surface area contributed by atoms with Crippen molar-refractivity contribution in [3.63, 3.8) is 0 Å². The van der Waals surface area contributed by atoms with Crippen LogP contribution in [0.1, 0.15) is 20.3 Å². The third kappa shape index (κ3) is 3.42. The Morgan fingerprint density at radius 1 is 1.41 bits per heavy atom. The fraction of sp³-hybridized carbons (Fsp3) is 0.625. The highest BCUT2D eigenvalue weighted by Gasteiger charge is 2.58. The van der Waals surface area contributed by atoms with Gasteiger partial charge in [0.25, 0.3) is 0 Å². The number of fused-ring (bicyclic) bond motifs is 1. The number of aliphatic hydroxyl groups is 1. The standard InChI is InChI=1S/C16H21N3O7S/c1-6(20)11-14(23)19-12(16(24)25)10(27-15(11)19)5-18-4-8(26-7(2)21)3-9(18)13(17)22/h6,8-9,11,15,20H,3-5H2,1-2H3,(H2,17,22)(H,24,25)/t6?,8-,9+,11+,15-/m1/s1. The molecule has 0 aliphatic carbocycles. The van der Waals surface area contributed by atoms with Crippen LogP contribution in [0.3, 0.4) is 0 Å². The minimum atomic E-state index is -1.25. The van der Waals surface area contributed by atoms with Crippen LogP contribution in [0.15, 0.2) is 10.6 Å². The second-order valence-electron chi connectivity index (χ2n) is 6.87. The van der Waals surface area contributed by atoms with Crippen molar-refractivity contribution in [2.45, 2.75) is 43.9 Å². The van der Waals surface area contributed by atoms with Crippen molar-refractivity contribution in [2.75, 3.05) is 13.1 Å². The molecule has 27 heavy (non-hydrogen) atoms. The molecule has 1 unspecified atom stereocenters. The number of aliphatic hydroxyl groups excluding tert-OH is 1. The molecule has 0 spiro atoms. The van der Waals surface area contributed by atoms with Crippen molar-refractivity contribution in [1.29, 1.82) is 0 Å². The molecule has 0 aromatic carbocycles. The summed E-state index contributed by atoms with van der Waals surface area (Å²) in [6.07, 6.45) is -1.17. The van der Waals surface area contributed by atoms with Gasteiger partial charge in [-0.15, -0.1) is 11.8 Å². The number of carbonyl (C=O) groups is 4. The van der Waals surface area contributed by atoms with E-state index in [1.807, 2.05) is 0 Å². The molecule has 2 saturated heterocycles. The number of hydrogen-bond acceptors (Lipinski definition) is 8. The molecule has 0 bridgehead atoms. The molecule has 3 rings (SSSR count). The minimum absolute atomic E-state index is 0.0878. The van der Waals surface area contributed by atoms with E-state index in [0.29, 0.717) is 4.91 Å². The first-order valence-electron chi connectivity index (χ1n) is 8.46. The van der Waals surface area contributed by atoms with Crippen LogP contribution in [0.5, 0.6) is 0 Å².